The molecule has 116 valence electrons. The highest BCUT2D eigenvalue weighted by Crippen LogP contribution is 2.19. The van der Waals surface area contributed by atoms with E-state index in [2.05, 4.69) is 26.7 Å². The van der Waals surface area contributed by atoms with Gasteiger partial charge in [0.15, 0.2) is 0 Å². The number of aromatic nitrogens is 2. The van der Waals surface area contributed by atoms with Crippen molar-refractivity contribution in [3.05, 3.63) is 18.2 Å². The molecule has 21 heavy (non-hydrogen) atoms. The minimum Gasteiger partial charge on any atom is -0.350 e. The Labute approximate surface area is 126 Å². The second-order valence-electron chi connectivity index (χ2n) is 6.29. The van der Waals surface area contributed by atoms with Crippen LogP contribution >= 0.6 is 0 Å². The summed E-state index contributed by atoms with van der Waals surface area (Å²) >= 11 is 0. The van der Waals surface area contributed by atoms with Crippen molar-refractivity contribution in [2.24, 2.45) is 0 Å². The fourth-order valence-corrected chi connectivity index (χ4v) is 3.62. The third-order valence-electron chi connectivity index (χ3n) is 4.71. The smallest absolute Gasteiger partial charge is 0.237 e. The summed E-state index contributed by atoms with van der Waals surface area (Å²) in [5.74, 6) is 1.38. The Hall–Kier alpha value is -1.36. The van der Waals surface area contributed by atoms with Crippen molar-refractivity contribution < 1.29 is 4.79 Å². The van der Waals surface area contributed by atoms with Crippen molar-refractivity contribution in [2.45, 2.75) is 64.1 Å². The van der Waals surface area contributed by atoms with E-state index >= 15 is 0 Å². The van der Waals surface area contributed by atoms with Crippen LogP contribution in [0.1, 0.15) is 44.9 Å². The largest absolute Gasteiger partial charge is 0.350 e. The lowest BCUT2D eigenvalue weighted by atomic mass is 10.00. The average molecular weight is 290 g/mol. The summed E-state index contributed by atoms with van der Waals surface area (Å²) in [5.41, 5.74) is 0. The molecule has 0 saturated carbocycles. The number of hydrogen-bond donors (Lipinski definition) is 1. The van der Waals surface area contributed by atoms with Crippen LogP contribution in [0.3, 0.4) is 0 Å². The first-order valence-corrected chi connectivity index (χ1v) is 8.32. The highest BCUT2D eigenvalue weighted by Gasteiger charge is 2.30. The van der Waals surface area contributed by atoms with Gasteiger partial charge in [0.25, 0.3) is 0 Å². The van der Waals surface area contributed by atoms with Crippen LogP contribution in [0.5, 0.6) is 0 Å². The first-order chi connectivity index (χ1) is 10.3. The molecule has 3 heterocycles. The van der Waals surface area contributed by atoms with E-state index in [9.17, 15) is 4.79 Å². The molecule has 2 aliphatic heterocycles. The van der Waals surface area contributed by atoms with Gasteiger partial charge in [0.05, 0.1) is 6.04 Å². The zero-order valence-electron chi connectivity index (χ0n) is 12.9. The fraction of sp³-hybridized carbons (Fsp3) is 0.750. The highest BCUT2D eigenvalue weighted by atomic mass is 16.2. The summed E-state index contributed by atoms with van der Waals surface area (Å²) < 4.78 is 2.17. The molecule has 1 amide bonds. The number of carbonyl (C=O) groups is 1. The fourth-order valence-electron chi connectivity index (χ4n) is 3.62. The molecule has 1 aromatic rings. The zero-order chi connectivity index (χ0) is 14.7. The van der Waals surface area contributed by atoms with Crippen LogP contribution in [-0.2, 0) is 17.8 Å². The lowest BCUT2D eigenvalue weighted by Gasteiger charge is -2.36. The minimum absolute atomic E-state index is 0.0860. The molecule has 1 saturated heterocycles. The van der Waals surface area contributed by atoms with E-state index in [0.717, 1.165) is 51.1 Å². The van der Waals surface area contributed by atoms with Crippen LogP contribution in [0.15, 0.2) is 12.4 Å². The molecule has 0 aliphatic carbocycles. The van der Waals surface area contributed by atoms with Crippen molar-refractivity contribution in [1.82, 2.24) is 19.8 Å². The van der Waals surface area contributed by atoms with Gasteiger partial charge in [-0.05, 0) is 38.8 Å². The average Bonchev–Trinajstić information content (AvgIpc) is 2.95. The molecule has 0 unspecified atom stereocenters. The Morgan fingerprint density at radius 3 is 3.19 bits per heavy atom. The first kappa shape index (κ1) is 14.6. The van der Waals surface area contributed by atoms with Crippen LogP contribution in [0.25, 0.3) is 0 Å². The molecular weight excluding hydrogens is 264 g/mol. The van der Waals surface area contributed by atoms with Gasteiger partial charge in [0.2, 0.25) is 5.91 Å². The van der Waals surface area contributed by atoms with Crippen LogP contribution < -0.4 is 5.32 Å². The number of imidazole rings is 1. The molecule has 0 spiro atoms. The summed E-state index contributed by atoms with van der Waals surface area (Å²) in [6, 6.07) is 0.340. The van der Waals surface area contributed by atoms with Gasteiger partial charge in [-0.3, -0.25) is 9.69 Å². The summed E-state index contributed by atoms with van der Waals surface area (Å²) in [6.45, 7) is 5.16. The first-order valence-electron chi connectivity index (χ1n) is 8.32. The van der Waals surface area contributed by atoms with E-state index in [1.54, 1.807) is 0 Å². The number of likely N-dealkylation sites (tertiary alicyclic amines) is 1. The predicted octanol–water partition coefficient (Wildman–Crippen LogP) is 1.58. The lowest BCUT2D eigenvalue weighted by molar-refractivity contribution is -0.128. The number of nitrogens with one attached hydrogen (secondary N) is 1. The number of piperidine rings is 1. The highest BCUT2D eigenvalue weighted by molar-refractivity contribution is 5.82. The van der Waals surface area contributed by atoms with E-state index in [4.69, 9.17) is 0 Å². The van der Waals surface area contributed by atoms with Gasteiger partial charge in [-0.1, -0.05) is 13.3 Å². The molecule has 2 atom stereocenters. The van der Waals surface area contributed by atoms with Crippen LogP contribution in [0, 0.1) is 0 Å². The predicted molar refractivity (Wildman–Crippen MR) is 82.0 cm³/mol. The summed E-state index contributed by atoms with van der Waals surface area (Å²) in [7, 11) is 0. The quantitative estimate of drug-likeness (QED) is 0.916. The minimum atomic E-state index is 0.0860. The lowest BCUT2D eigenvalue weighted by Crippen LogP contribution is -2.53. The van der Waals surface area contributed by atoms with Gasteiger partial charge in [0, 0.05) is 31.4 Å². The Bertz CT molecular complexity index is 482. The number of carbonyl (C=O) groups excluding carboxylic acids is 1. The molecule has 5 heteroatoms. The molecule has 3 rings (SSSR count). The topological polar surface area (TPSA) is 50.2 Å². The van der Waals surface area contributed by atoms with E-state index in [1.165, 1.54) is 12.8 Å². The van der Waals surface area contributed by atoms with Gasteiger partial charge >= 0.3 is 0 Å². The van der Waals surface area contributed by atoms with Gasteiger partial charge in [-0.2, -0.15) is 0 Å². The monoisotopic (exact) mass is 290 g/mol. The number of nitrogens with zero attached hydrogens (tertiary/aromatic N) is 3. The van der Waals surface area contributed by atoms with Gasteiger partial charge in [-0.25, -0.2) is 4.98 Å². The van der Waals surface area contributed by atoms with Crippen molar-refractivity contribution >= 4 is 5.91 Å². The third kappa shape index (κ3) is 3.28. The van der Waals surface area contributed by atoms with Gasteiger partial charge < -0.3 is 9.88 Å². The van der Waals surface area contributed by atoms with E-state index in [-0.39, 0.29) is 18.0 Å². The third-order valence-corrected chi connectivity index (χ3v) is 4.71. The maximum absolute atomic E-state index is 12.6. The maximum Gasteiger partial charge on any atom is 0.237 e. The van der Waals surface area contributed by atoms with Crippen molar-refractivity contribution in [1.29, 1.82) is 0 Å². The molecule has 1 N–H and O–H groups in total. The molecule has 0 bridgehead atoms. The maximum atomic E-state index is 12.6. The number of amides is 1. The van der Waals surface area contributed by atoms with Crippen molar-refractivity contribution in [3.63, 3.8) is 0 Å². The second-order valence-corrected chi connectivity index (χ2v) is 6.29. The number of aryl methyl sites for hydroxylation is 1. The Morgan fingerprint density at radius 1 is 1.43 bits per heavy atom. The van der Waals surface area contributed by atoms with Gasteiger partial charge in [0.1, 0.15) is 5.82 Å². The molecule has 1 fully saturated rings. The zero-order valence-corrected chi connectivity index (χ0v) is 12.9. The summed E-state index contributed by atoms with van der Waals surface area (Å²) in [6.07, 6.45) is 10.4. The molecule has 0 radical (unpaired) electrons. The van der Waals surface area contributed by atoms with E-state index in [0.29, 0.717) is 0 Å². The van der Waals surface area contributed by atoms with Crippen molar-refractivity contribution in [2.75, 3.05) is 13.1 Å². The van der Waals surface area contributed by atoms with Crippen molar-refractivity contribution in [3.8, 4) is 0 Å². The molecule has 5 nitrogen and oxygen atoms in total. The number of rotatable bonds is 4. The summed E-state index contributed by atoms with van der Waals surface area (Å²) in [5, 5.41) is 3.28. The summed E-state index contributed by atoms with van der Waals surface area (Å²) in [4.78, 5) is 19.3. The van der Waals surface area contributed by atoms with Crippen LogP contribution in [0.2, 0.25) is 0 Å². The number of fused-ring (bicyclic) bond motifs is 1. The van der Waals surface area contributed by atoms with Gasteiger partial charge in [-0.15, -0.1) is 0 Å². The molecule has 1 aromatic heterocycles. The Balaban J connectivity index is 1.58. The molecular formula is C16H26N4O. The van der Waals surface area contributed by atoms with Crippen LogP contribution in [0.4, 0.5) is 0 Å². The van der Waals surface area contributed by atoms with E-state index in [1.807, 2.05) is 12.4 Å². The van der Waals surface area contributed by atoms with Crippen LogP contribution in [-0.4, -0.2) is 45.5 Å². The Kier molecular flexibility index (Phi) is 4.58. The second kappa shape index (κ2) is 6.60. The normalized spacial score (nSPS) is 26.3. The van der Waals surface area contributed by atoms with E-state index < -0.39 is 0 Å². The Morgan fingerprint density at radius 2 is 2.33 bits per heavy atom. The molecule has 2 aliphatic rings. The molecule has 0 aromatic carbocycles. The number of hydrogen-bond acceptors (Lipinski definition) is 3. The SMILES string of the molecule is CCCN1CCCC[C@H]1C(=O)N[C@@H]1CCc2nccn2C1. The standard InChI is InChI=1S/C16H26N4O/c1-2-9-19-10-4-3-5-14(19)16(21)18-13-6-7-15-17-8-11-20(15)12-13/h8,11,13-14H,2-7,9-10,12H2,1H3,(H,18,21)/t13-,14+/m1/s1.